The van der Waals surface area contributed by atoms with Gasteiger partial charge in [0.25, 0.3) is 0 Å². The maximum atomic E-state index is 3.86. The minimum absolute atomic E-state index is 0.0889. The highest BCUT2D eigenvalue weighted by atomic mass is 79.9. The number of benzene rings is 9. The monoisotopic (exact) mass is 822 g/mol. The van der Waals surface area contributed by atoms with Gasteiger partial charge >= 0.3 is 0 Å². The van der Waals surface area contributed by atoms with E-state index >= 15 is 0 Å². The maximum absolute atomic E-state index is 3.86. The Hall–Kier alpha value is -6.02. The van der Waals surface area contributed by atoms with Gasteiger partial charge in [-0.05, 0) is 152 Å². The van der Waals surface area contributed by atoms with Gasteiger partial charge < -0.3 is 0 Å². The van der Waals surface area contributed by atoms with Gasteiger partial charge in [0.15, 0.2) is 0 Å². The van der Waals surface area contributed by atoms with E-state index in [0.29, 0.717) is 0 Å². The summed E-state index contributed by atoms with van der Waals surface area (Å²) in [6.45, 7) is 13.7. The summed E-state index contributed by atoms with van der Waals surface area (Å²) in [6, 6.07) is 66.1. The van der Waals surface area contributed by atoms with Gasteiger partial charge in [0.05, 0.1) is 0 Å². The van der Waals surface area contributed by atoms with Crippen molar-refractivity contribution in [1.82, 2.24) is 0 Å². The molecule has 0 spiro atoms. The quantitative estimate of drug-likeness (QED) is 0.162. The van der Waals surface area contributed by atoms with Gasteiger partial charge in [0.1, 0.15) is 0 Å². The van der Waals surface area contributed by atoms with E-state index in [1.54, 1.807) is 0 Å². The highest BCUT2D eigenvalue weighted by Crippen LogP contribution is 2.58. The normalized spacial score (nSPS) is 12.3. The second kappa shape index (κ2) is 14.1. The Morgan fingerprint density at radius 3 is 1.31 bits per heavy atom. The molecule has 0 nitrogen and oxygen atoms in total. The third-order valence-corrected chi connectivity index (χ3v) is 12.9. The molecule has 0 unspecified atom stereocenters. The zero-order valence-corrected chi connectivity index (χ0v) is 36.2. The summed E-state index contributed by atoms with van der Waals surface area (Å²) in [5.41, 5.74) is 20.4. The van der Waals surface area contributed by atoms with Crippen molar-refractivity contribution in [3.8, 4) is 77.9 Å². The lowest BCUT2D eigenvalue weighted by molar-refractivity contribution is 0.590. The molecule has 9 aromatic carbocycles. The van der Waals surface area contributed by atoms with Crippen LogP contribution in [-0.2, 0) is 10.8 Å². The van der Waals surface area contributed by atoms with Crippen molar-refractivity contribution < 1.29 is 0 Å². The first-order chi connectivity index (χ1) is 28.4. The van der Waals surface area contributed by atoms with Crippen LogP contribution >= 0.6 is 15.9 Å². The van der Waals surface area contributed by atoms with Crippen molar-refractivity contribution in [2.24, 2.45) is 0 Å². The van der Waals surface area contributed by atoms with E-state index in [1.807, 2.05) is 0 Å². The van der Waals surface area contributed by atoms with Crippen LogP contribution in [0, 0.1) is 0 Å². The Morgan fingerprint density at radius 2 is 0.780 bits per heavy atom. The van der Waals surface area contributed by atoms with Crippen LogP contribution in [0.1, 0.15) is 52.7 Å². The molecule has 59 heavy (non-hydrogen) atoms. The molecule has 1 aliphatic carbocycles. The molecule has 10 rings (SSSR count). The Labute approximate surface area is 357 Å². The van der Waals surface area contributed by atoms with Crippen LogP contribution in [0.4, 0.5) is 0 Å². The van der Waals surface area contributed by atoms with Gasteiger partial charge in [0, 0.05) is 4.47 Å². The summed E-state index contributed by atoms with van der Waals surface area (Å²) < 4.78 is 1.08. The number of halogens is 1. The van der Waals surface area contributed by atoms with E-state index in [9.17, 15) is 0 Å². The highest BCUT2D eigenvalue weighted by Gasteiger charge is 2.31. The molecule has 0 bridgehead atoms. The second-order valence-electron chi connectivity index (χ2n) is 18.3. The van der Waals surface area contributed by atoms with Gasteiger partial charge in [-0.25, -0.2) is 0 Å². The van der Waals surface area contributed by atoms with Crippen LogP contribution in [0.25, 0.3) is 99.4 Å². The minimum atomic E-state index is 0.0889. The number of fused-ring (bicyclic) bond motifs is 4. The molecule has 286 valence electrons. The summed E-state index contributed by atoms with van der Waals surface area (Å²) >= 11 is 3.86. The topological polar surface area (TPSA) is 0 Å². The molecule has 0 fully saturated rings. The van der Waals surface area contributed by atoms with Crippen LogP contribution in [-0.4, -0.2) is 0 Å². The molecule has 1 aliphatic rings. The van der Waals surface area contributed by atoms with Gasteiger partial charge in [-0.2, -0.15) is 0 Å². The molecule has 0 aliphatic heterocycles. The molecule has 0 aromatic heterocycles. The lowest BCUT2D eigenvalue weighted by atomic mass is 9.82. The number of rotatable bonds is 5. The first kappa shape index (κ1) is 37.3. The Bertz CT molecular complexity index is 2990. The number of hydrogen-bond donors (Lipinski definition) is 0. The summed E-state index contributed by atoms with van der Waals surface area (Å²) in [5, 5.41) is 5.10. The molecule has 0 saturated heterocycles. The largest absolute Gasteiger partial charge is 0.0622 e. The third kappa shape index (κ3) is 6.44. The van der Waals surface area contributed by atoms with Crippen LogP contribution in [0.5, 0.6) is 0 Å². The minimum Gasteiger partial charge on any atom is -0.0622 e. The molecular weight excluding hydrogens is 777 g/mol. The SMILES string of the molecule is CC(C)(C)c1ccc(-c2cc(-c3ccc(C(C)(C)C)cc3)cc(-c3ccc4c5c(cccc35)-c3c-4c(-c4ccccc4)c4cc(Br)ccc4c3-c3ccccc3)c2)cc1. The zero-order valence-electron chi connectivity index (χ0n) is 34.6. The van der Waals surface area contributed by atoms with E-state index in [4.69, 9.17) is 0 Å². The van der Waals surface area contributed by atoms with Crippen LogP contribution in [0.15, 0.2) is 180 Å². The smallest absolute Gasteiger partial charge is 0.0181 e. The van der Waals surface area contributed by atoms with Crippen molar-refractivity contribution in [3.63, 3.8) is 0 Å². The van der Waals surface area contributed by atoms with E-state index in [0.717, 1.165) is 4.47 Å². The van der Waals surface area contributed by atoms with E-state index < -0.39 is 0 Å². The standard InChI is InChI=1S/C58H47Br/c1-57(2,3)43-24-20-36(21-25-43)40-32-41(37-22-26-44(27-23-37)58(4,5)6)34-42(33-40)46-30-31-50-54-47(46)18-13-19-49(54)55-52(38-14-9-7-10-15-38)48-29-28-45(59)35-51(48)53(56(50)55)39-16-11-8-12-17-39/h7-35H,1-6H3. The van der Waals surface area contributed by atoms with Gasteiger partial charge in [-0.15, -0.1) is 0 Å². The fourth-order valence-electron chi connectivity index (χ4n) is 9.33. The number of hydrogen-bond acceptors (Lipinski definition) is 0. The predicted molar refractivity (Wildman–Crippen MR) is 258 cm³/mol. The van der Waals surface area contributed by atoms with Crippen molar-refractivity contribution >= 4 is 37.5 Å². The highest BCUT2D eigenvalue weighted by molar-refractivity contribution is 9.10. The molecule has 1 heteroatoms. The fraction of sp³-hybridized carbons (Fsp3) is 0.138. The first-order valence-electron chi connectivity index (χ1n) is 20.8. The maximum Gasteiger partial charge on any atom is 0.0181 e. The van der Waals surface area contributed by atoms with Crippen molar-refractivity contribution in [1.29, 1.82) is 0 Å². The Balaban J connectivity index is 1.25. The average Bonchev–Trinajstić information content (AvgIpc) is 3.57. The molecule has 0 atom stereocenters. The molecule has 0 heterocycles. The van der Waals surface area contributed by atoms with Gasteiger partial charge in [0.2, 0.25) is 0 Å². The van der Waals surface area contributed by atoms with Crippen molar-refractivity contribution in [2.45, 2.75) is 52.4 Å². The summed E-state index contributed by atoms with van der Waals surface area (Å²) in [6.07, 6.45) is 0. The molecular formula is C58H47Br. The molecule has 0 amide bonds. The van der Waals surface area contributed by atoms with Crippen LogP contribution in [0.3, 0.4) is 0 Å². The average molecular weight is 824 g/mol. The fourth-order valence-corrected chi connectivity index (χ4v) is 9.69. The van der Waals surface area contributed by atoms with Gasteiger partial charge in [-0.1, -0.05) is 203 Å². The van der Waals surface area contributed by atoms with E-state index in [-0.39, 0.29) is 10.8 Å². The van der Waals surface area contributed by atoms with Crippen molar-refractivity contribution in [2.75, 3.05) is 0 Å². The summed E-state index contributed by atoms with van der Waals surface area (Å²) in [4.78, 5) is 0. The van der Waals surface area contributed by atoms with E-state index in [2.05, 4.69) is 233 Å². The zero-order chi connectivity index (χ0) is 40.6. The Morgan fingerprint density at radius 1 is 0.305 bits per heavy atom. The van der Waals surface area contributed by atoms with Crippen LogP contribution in [0.2, 0.25) is 0 Å². The first-order valence-corrected chi connectivity index (χ1v) is 21.6. The van der Waals surface area contributed by atoms with E-state index in [1.165, 1.54) is 111 Å². The summed E-state index contributed by atoms with van der Waals surface area (Å²) in [7, 11) is 0. The molecule has 0 radical (unpaired) electrons. The van der Waals surface area contributed by atoms with Gasteiger partial charge in [-0.3, -0.25) is 0 Å². The van der Waals surface area contributed by atoms with Crippen molar-refractivity contribution in [3.05, 3.63) is 192 Å². The third-order valence-electron chi connectivity index (χ3n) is 12.4. The second-order valence-corrected chi connectivity index (χ2v) is 19.2. The molecule has 0 saturated carbocycles. The lowest BCUT2D eigenvalue weighted by Crippen LogP contribution is -2.10. The lowest BCUT2D eigenvalue weighted by Gasteiger charge is -2.20. The predicted octanol–water partition coefficient (Wildman–Crippen LogP) is 17.3. The molecule has 9 aromatic rings. The molecule has 0 N–H and O–H groups in total. The van der Waals surface area contributed by atoms with Crippen LogP contribution < -0.4 is 0 Å². The Kier molecular flexibility index (Phi) is 8.89. The summed E-state index contributed by atoms with van der Waals surface area (Å²) in [5.74, 6) is 0.